The normalized spacial score (nSPS) is 16.1. The average Bonchev–Trinajstić information content (AvgIpc) is 2.65. The van der Waals surface area contributed by atoms with Crippen molar-refractivity contribution < 1.29 is 8.78 Å². The number of benzene rings is 1. The van der Waals surface area contributed by atoms with Crippen molar-refractivity contribution in [3.05, 3.63) is 47.5 Å². The summed E-state index contributed by atoms with van der Waals surface area (Å²) in [6.45, 7) is 0.515. The minimum atomic E-state index is -0.517. The van der Waals surface area contributed by atoms with Crippen LogP contribution in [0.3, 0.4) is 0 Å². The quantitative estimate of drug-likeness (QED) is 0.755. The van der Waals surface area contributed by atoms with Crippen molar-refractivity contribution in [3.63, 3.8) is 0 Å². The van der Waals surface area contributed by atoms with E-state index in [2.05, 4.69) is 17.5 Å². The Morgan fingerprint density at radius 1 is 1.07 bits per heavy atom. The molecular formula is C12H13F2N. The van der Waals surface area contributed by atoms with Gasteiger partial charge in [-0.05, 0) is 30.5 Å². The molecule has 0 amide bonds. The fourth-order valence-electron chi connectivity index (χ4n) is 1.76. The second-order valence-corrected chi connectivity index (χ2v) is 3.80. The first-order valence-electron chi connectivity index (χ1n) is 5.07. The summed E-state index contributed by atoms with van der Waals surface area (Å²) in [4.78, 5) is 0. The third-order valence-corrected chi connectivity index (χ3v) is 2.53. The molecule has 0 unspecified atom stereocenters. The fraction of sp³-hybridized carbons (Fsp3) is 0.333. The van der Waals surface area contributed by atoms with Crippen molar-refractivity contribution >= 4 is 0 Å². The first-order valence-corrected chi connectivity index (χ1v) is 5.07. The highest BCUT2D eigenvalue weighted by Crippen LogP contribution is 2.12. The van der Waals surface area contributed by atoms with Gasteiger partial charge in [0.15, 0.2) is 0 Å². The van der Waals surface area contributed by atoms with E-state index in [4.69, 9.17) is 0 Å². The lowest BCUT2D eigenvalue weighted by molar-refractivity contribution is 0.530. The predicted molar refractivity (Wildman–Crippen MR) is 55.4 cm³/mol. The maximum Gasteiger partial charge on any atom is 0.126 e. The van der Waals surface area contributed by atoms with Crippen LogP contribution in [-0.4, -0.2) is 6.04 Å². The van der Waals surface area contributed by atoms with Gasteiger partial charge >= 0.3 is 0 Å². The van der Waals surface area contributed by atoms with E-state index in [9.17, 15) is 8.78 Å². The molecule has 2 rings (SSSR count). The lowest BCUT2D eigenvalue weighted by Crippen LogP contribution is -2.25. The zero-order chi connectivity index (χ0) is 10.7. The predicted octanol–water partition coefficient (Wildman–Crippen LogP) is 2.77. The minimum absolute atomic E-state index is 0.413. The monoisotopic (exact) mass is 209 g/mol. The second kappa shape index (κ2) is 4.53. The highest BCUT2D eigenvalue weighted by molar-refractivity contribution is 5.18. The van der Waals surface area contributed by atoms with Crippen molar-refractivity contribution in [2.75, 3.05) is 0 Å². The molecule has 0 heterocycles. The first-order chi connectivity index (χ1) is 7.24. The van der Waals surface area contributed by atoms with E-state index in [1.54, 1.807) is 0 Å². The summed E-state index contributed by atoms with van der Waals surface area (Å²) < 4.78 is 25.7. The summed E-state index contributed by atoms with van der Waals surface area (Å²) in [6.07, 6.45) is 6.23. The lowest BCUT2D eigenvalue weighted by Gasteiger charge is -2.11. The molecule has 0 aromatic heterocycles. The highest BCUT2D eigenvalue weighted by atomic mass is 19.1. The summed E-state index contributed by atoms with van der Waals surface area (Å²) in [5, 5.41) is 3.26. The van der Waals surface area contributed by atoms with E-state index in [1.165, 1.54) is 12.1 Å². The average molecular weight is 209 g/mol. The summed E-state index contributed by atoms with van der Waals surface area (Å²) >= 11 is 0. The summed E-state index contributed by atoms with van der Waals surface area (Å²) in [7, 11) is 0. The van der Waals surface area contributed by atoms with Gasteiger partial charge in [-0.15, -0.1) is 0 Å². The maximum absolute atomic E-state index is 12.8. The van der Waals surface area contributed by atoms with Crippen molar-refractivity contribution in [2.45, 2.75) is 25.4 Å². The first kappa shape index (κ1) is 10.3. The molecule has 0 radical (unpaired) electrons. The molecule has 3 heteroatoms. The van der Waals surface area contributed by atoms with Gasteiger partial charge in [-0.1, -0.05) is 12.2 Å². The number of hydrogen-bond acceptors (Lipinski definition) is 1. The smallest absolute Gasteiger partial charge is 0.126 e. The molecule has 1 N–H and O–H groups in total. The molecule has 1 aromatic rings. The Bertz CT molecular complexity index is 346. The van der Waals surface area contributed by atoms with Gasteiger partial charge in [-0.2, -0.15) is 0 Å². The Hall–Kier alpha value is -1.22. The van der Waals surface area contributed by atoms with E-state index in [0.29, 0.717) is 18.2 Å². The molecule has 0 bridgehead atoms. The standard InChI is InChI=1S/C12H13F2N/c13-10-5-9(6-11(14)7-10)8-15-12-3-1-2-4-12/h1-2,5-7,12,15H,3-4,8H2. The van der Waals surface area contributed by atoms with Gasteiger partial charge in [0.1, 0.15) is 11.6 Å². The third kappa shape index (κ3) is 2.86. The van der Waals surface area contributed by atoms with Crippen LogP contribution in [-0.2, 0) is 6.54 Å². The van der Waals surface area contributed by atoms with Crippen molar-refractivity contribution in [1.29, 1.82) is 0 Å². The molecule has 1 nitrogen and oxygen atoms in total. The zero-order valence-corrected chi connectivity index (χ0v) is 8.34. The maximum atomic E-state index is 12.8. The Balaban J connectivity index is 1.92. The number of hydrogen-bond donors (Lipinski definition) is 1. The van der Waals surface area contributed by atoms with Crippen LogP contribution < -0.4 is 5.32 Å². The van der Waals surface area contributed by atoms with Gasteiger partial charge in [0.05, 0.1) is 0 Å². The van der Waals surface area contributed by atoms with E-state index >= 15 is 0 Å². The molecule has 1 aromatic carbocycles. The third-order valence-electron chi connectivity index (χ3n) is 2.53. The lowest BCUT2D eigenvalue weighted by atomic mass is 10.2. The van der Waals surface area contributed by atoms with Crippen LogP contribution in [0.1, 0.15) is 18.4 Å². The minimum Gasteiger partial charge on any atom is -0.309 e. The molecule has 0 saturated carbocycles. The van der Waals surface area contributed by atoms with Crippen molar-refractivity contribution in [1.82, 2.24) is 5.32 Å². The molecule has 1 aliphatic rings. The van der Waals surface area contributed by atoms with Crippen LogP contribution in [0.2, 0.25) is 0 Å². The molecule has 0 spiro atoms. The van der Waals surface area contributed by atoms with E-state index < -0.39 is 11.6 Å². The summed E-state index contributed by atoms with van der Waals surface area (Å²) in [5.74, 6) is -1.03. The molecule has 0 aliphatic heterocycles. The summed E-state index contributed by atoms with van der Waals surface area (Å²) in [6, 6.07) is 4.02. The van der Waals surface area contributed by atoms with Gasteiger partial charge < -0.3 is 5.32 Å². The van der Waals surface area contributed by atoms with Gasteiger partial charge in [-0.3, -0.25) is 0 Å². The van der Waals surface area contributed by atoms with Gasteiger partial charge in [0, 0.05) is 18.7 Å². The molecule has 0 atom stereocenters. The molecule has 0 saturated heterocycles. The van der Waals surface area contributed by atoms with E-state index in [1.807, 2.05) is 0 Å². The topological polar surface area (TPSA) is 12.0 Å². The number of nitrogens with one attached hydrogen (secondary N) is 1. The molecule has 0 fully saturated rings. The Kier molecular flexibility index (Phi) is 3.11. The van der Waals surface area contributed by atoms with E-state index in [-0.39, 0.29) is 0 Å². The fourth-order valence-corrected chi connectivity index (χ4v) is 1.76. The van der Waals surface area contributed by atoms with Crippen LogP contribution in [0.4, 0.5) is 8.78 Å². The SMILES string of the molecule is Fc1cc(F)cc(CNC2CC=CC2)c1. The van der Waals surface area contributed by atoms with Crippen LogP contribution in [0.5, 0.6) is 0 Å². The van der Waals surface area contributed by atoms with Gasteiger partial charge in [0.2, 0.25) is 0 Å². The zero-order valence-electron chi connectivity index (χ0n) is 8.34. The second-order valence-electron chi connectivity index (χ2n) is 3.80. The number of rotatable bonds is 3. The summed E-state index contributed by atoms with van der Waals surface area (Å²) in [5.41, 5.74) is 0.652. The molecule has 15 heavy (non-hydrogen) atoms. The van der Waals surface area contributed by atoms with Crippen LogP contribution in [0, 0.1) is 11.6 Å². The molecule has 80 valence electrons. The van der Waals surface area contributed by atoms with Crippen LogP contribution in [0.15, 0.2) is 30.4 Å². The van der Waals surface area contributed by atoms with Crippen LogP contribution >= 0.6 is 0 Å². The van der Waals surface area contributed by atoms with Crippen LogP contribution in [0.25, 0.3) is 0 Å². The molecule has 1 aliphatic carbocycles. The van der Waals surface area contributed by atoms with Crippen molar-refractivity contribution in [2.24, 2.45) is 0 Å². The largest absolute Gasteiger partial charge is 0.309 e. The molecular weight excluding hydrogens is 196 g/mol. The highest BCUT2D eigenvalue weighted by Gasteiger charge is 2.09. The van der Waals surface area contributed by atoms with Gasteiger partial charge in [0.25, 0.3) is 0 Å². The van der Waals surface area contributed by atoms with Gasteiger partial charge in [-0.25, -0.2) is 8.78 Å². The van der Waals surface area contributed by atoms with Crippen molar-refractivity contribution in [3.8, 4) is 0 Å². The Labute approximate surface area is 87.8 Å². The Morgan fingerprint density at radius 2 is 1.67 bits per heavy atom. The Morgan fingerprint density at radius 3 is 2.27 bits per heavy atom. The number of halogens is 2. The van der Waals surface area contributed by atoms with E-state index in [0.717, 1.165) is 18.9 Å².